The molecule has 4 nitrogen and oxygen atoms in total. The van der Waals surface area contributed by atoms with E-state index in [1.165, 1.54) is 0 Å². The first-order valence-electron chi connectivity index (χ1n) is 6.05. The largest absolute Gasteiger partial charge is 0.481 e. The molecule has 102 valence electrons. The van der Waals surface area contributed by atoms with Crippen molar-refractivity contribution in [2.45, 2.75) is 39.5 Å². The second kappa shape index (κ2) is 7.19. The molecule has 1 heterocycles. The van der Waals surface area contributed by atoms with E-state index in [1.807, 2.05) is 4.68 Å². The summed E-state index contributed by atoms with van der Waals surface area (Å²) in [5.74, 6) is 0.370. The van der Waals surface area contributed by atoms with Crippen molar-refractivity contribution in [1.29, 1.82) is 0 Å². The van der Waals surface area contributed by atoms with E-state index in [0.717, 1.165) is 34.6 Å². The lowest BCUT2D eigenvalue weighted by Gasteiger charge is -2.07. The molecule has 1 N–H and O–H groups in total. The number of carbonyl (C=O) groups is 1. The summed E-state index contributed by atoms with van der Waals surface area (Å²) in [6.07, 6.45) is 0.900. The van der Waals surface area contributed by atoms with Gasteiger partial charge in [0.25, 0.3) is 0 Å². The molecule has 1 atom stereocenters. The lowest BCUT2D eigenvalue weighted by molar-refractivity contribution is -0.140. The molecule has 0 aliphatic carbocycles. The summed E-state index contributed by atoms with van der Waals surface area (Å²) in [4.78, 5) is 10.7. The highest BCUT2D eigenvalue weighted by Crippen LogP contribution is 2.26. The topological polar surface area (TPSA) is 55.1 Å². The van der Waals surface area contributed by atoms with Gasteiger partial charge < -0.3 is 5.11 Å². The van der Waals surface area contributed by atoms with Gasteiger partial charge >= 0.3 is 5.97 Å². The van der Waals surface area contributed by atoms with Gasteiger partial charge in [0.15, 0.2) is 0 Å². The van der Waals surface area contributed by atoms with Crippen LogP contribution in [0.25, 0.3) is 0 Å². The lowest BCUT2D eigenvalue weighted by atomic mass is 10.2. The summed E-state index contributed by atoms with van der Waals surface area (Å²) >= 11 is 5.22. The van der Waals surface area contributed by atoms with Crippen LogP contribution >= 0.6 is 27.7 Å². The predicted molar refractivity (Wildman–Crippen MR) is 77.9 cm³/mol. The lowest BCUT2D eigenvalue weighted by Crippen LogP contribution is -2.12. The van der Waals surface area contributed by atoms with Gasteiger partial charge in [0, 0.05) is 18.1 Å². The van der Waals surface area contributed by atoms with Gasteiger partial charge in [-0.25, -0.2) is 0 Å². The quantitative estimate of drug-likeness (QED) is 0.831. The highest BCUT2D eigenvalue weighted by molar-refractivity contribution is 9.10. The van der Waals surface area contributed by atoms with Crippen LogP contribution in [0.4, 0.5) is 0 Å². The van der Waals surface area contributed by atoms with E-state index in [2.05, 4.69) is 34.9 Å². The van der Waals surface area contributed by atoms with Crippen molar-refractivity contribution in [1.82, 2.24) is 9.78 Å². The Kier molecular flexibility index (Phi) is 6.21. The van der Waals surface area contributed by atoms with Crippen molar-refractivity contribution >= 4 is 33.7 Å². The SMILES string of the molecule is CCc1nn(CC)c(CSCC(C)C(=O)O)c1Br. The van der Waals surface area contributed by atoms with Crippen LogP contribution in [0.2, 0.25) is 0 Å². The number of rotatable bonds is 7. The van der Waals surface area contributed by atoms with Crippen molar-refractivity contribution < 1.29 is 9.90 Å². The van der Waals surface area contributed by atoms with Gasteiger partial charge in [-0.3, -0.25) is 9.48 Å². The Morgan fingerprint density at radius 1 is 1.56 bits per heavy atom. The number of hydrogen-bond acceptors (Lipinski definition) is 3. The summed E-state index contributed by atoms with van der Waals surface area (Å²) in [7, 11) is 0. The molecule has 0 spiro atoms. The number of thioether (sulfide) groups is 1. The van der Waals surface area contributed by atoms with Gasteiger partial charge in [-0.15, -0.1) is 0 Å². The molecule has 18 heavy (non-hydrogen) atoms. The molecule has 0 aliphatic rings. The van der Waals surface area contributed by atoms with E-state index < -0.39 is 5.97 Å². The molecule has 0 saturated carbocycles. The van der Waals surface area contributed by atoms with Crippen LogP contribution in [0.5, 0.6) is 0 Å². The van der Waals surface area contributed by atoms with Gasteiger partial charge in [0.05, 0.1) is 21.8 Å². The normalized spacial score (nSPS) is 12.7. The van der Waals surface area contributed by atoms with E-state index in [0.29, 0.717) is 5.75 Å². The first-order chi connectivity index (χ1) is 8.51. The van der Waals surface area contributed by atoms with Crippen LogP contribution in [0.15, 0.2) is 4.47 Å². The van der Waals surface area contributed by atoms with Crippen molar-refractivity contribution in [3.05, 3.63) is 15.9 Å². The molecule has 0 saturated heterocycles. The van der Waals surface area contributed by atoms with Gasteiger partial charge in [0.1, 0.15) is 0 Å². The Morgan fingerprint density at radius 3 is 2.72 bits per heavy atom. The molecule has 1 unspecified atom stereocenters. The van der Waals surface area contributed by atoms with Crippen LogP contribution < -0.4 is 0 Å². The molecule has 1 aromatic rings. The Hall–Kier alpha value is -0.490. The Morgan fingerprint density at radius 2 is 2.22 bits per heavy atom. The van der Waals surface area contributed by atoms with Gasteiger partial charge in [0.2, 0.25) is 0 Å². The molecule has 1 aromatic heterocycles. The minimum atomic E-state index is -0.736. The standard InChI is InChI=1S/C12H19BrN2O2S/c1-4-9-11(13)10(15(5-2)14-9)7-18-6-8(3)12(16)17/h8H,4-7H2,1-3H3,(H,16,17). The highest BCUT2D eigenvalue weighted by Gasteiger charge is 2.15. The fourth-order valence-corrected chi connectivity index (χ4v) is 3.55. The van der Waals surface area contributed by atoms with E-state index in [9.17, 15) is 4.79 Å². The zero-order valence-electron chi connectivity index (χ0n) is 10.9. The average molecular weight is 335 g/mol. The Balaban J connectivity index is 2.66. The maximum absolute atomic E-state index is 10.7. The Labute approximate surface area is 120 Å². The fourth-order valence-electron chi connectivity index (χ4n) is 1.56. The minimum Gasteiger partial charge on any atom is -0.481 e. The summed E-state index contributed by atoms with van der Waals surface area (Å²) < 4.78 is 3.06. The molecular weight excluding hydrogens is 316 g/mol. The summed E-state index contributed by atoms with van der Waals surface area (Å²) in [6, 6.07) is 0. The summed E-state index contributed by atoms with van der Waals surface area (Å²) in [5, 5.41) is 13.4. The third-order valence-electron chi connectivity index (χ3n) is 2.72. The highest BCUT2D eigenvalue weighted by atomic mass is 79.9. The number of aliphatic carboxylic acids is 1. The summed E-state index contributed by atoms with van der Waals surface area (Å²) in [5.41, 5.74) is 2.22. The maximum atomic E-state index is 10.7. The van der Waals surface area contributed by atoms with Crippen molar-refractivity contribution in [3.63, 3.8) is 0 Å². The molecule has 1 rings (SSSR count). The molecule has 0 amide bonds. The van der Waals surface area contributed by atoms with Crippen LogP contribution in [-0.4, -0.2) is 26.6 Å². The third-order valence-corrected chi connectivity index (χ3v) is 4.85. The van der Waals surface area contributed by atoms with Crippen LogP contribution in [0.3, 0.4) is 0 Å². The van der Waals surface area contributed by atoms with Crippen molar-refractivity contribution in [2.75, 3.05) is 5.75 Å². The minimum absolute atomic E-state index is 0.308. The molecule has 0 aliphatic heterocycles. The second-order valence-corrected chi connectivity index (χ2v) is 5.95. The fraction of sp³-hybridized carbons (Fsp3) is 0.667. The number of carboxylic acids is 1. The first kappa shape index (κ1) is 15.6. The summed E-state index contributed by atoms with van der Waals surface area (Å²) in [6.45, 7) is 6.71. The number of aromatic nitrogens is 2. The Bertz CT molecular complexity index is 420. The van der Waals surface area contributed by atoms with Crippen molar-refractivity contribution in [3.8, 4) is 0 Å². The monoisotopic (exact) mass is 334 g/mol. The molecule has 0 radical (unpaired) electrons. The number of halogens is 1. The number of carboxylic acid groups (broad SMARTS) is 1. The number of nitrogens with zero attached hydrogens (tertiary/aromatic N) is 2. The van der Waals surface area contributed by atoms with Crippen LogP contribution in [0, 0.1) is 5.92 Å². The predicted octanol–water partition coefficient (Wildman–Crippen LogP) is 3.18. The second-order valence-electron chi connectivity index (χ2n) is 4.13. The molecule has 6 heteroatoms. The van der Waals surface area contributed by atoms with Crippen LogP contribution in [-0.2, 0) is 23.5 Å². The van der Waals surface area contributed by atoms with Gasteiger partial charge in [-0.2, -0.15) is 16.9 Å². The molecular formula is C12H19BrN2O2S. The molecule has 0 aromatic carbocycles. The van der Waals surface area contributed by atoms with Crippen molar-refractivity contribution in [2.24, 2.45) is 5.92 Å². The zero-order valence-corrected chi connectivity index (χ0v) is 13.3. The van der Waals surface area contributed by atoms with Crippen LogP contribution in [0.1, 0.15) is 32.2 Å². The maximum Gasteiger partial charge on any atom is 0.307 e. The van der Waals surface area contributed by atoms with Gasteiger partial charge in [-0.05, 0) is 29.3 Å². The number of hydrogen-bond donors (Lipinski definition) is 1. The van der Waals surface area contributed by atoms with E-state index >= 15 is 0 Å². The third kappa shape index (κ3) is 3.75. The molecule has 0 fully saturated rings. The first-order valence-corrected chi connectivity index (χ1v) is 8.00. The van der Waals surface area contributed by atoms with Gasteiger partial charge in [-0.1, -0.05) is 13.8 Å². The zero-order chi connectivity index (χ0) is 13.7. The average Bonchev–Trinajstić information content (AvgIpc) is 2.65. The number of aryl methyl sites for hydroxylation is 2. The van der Waals surface area contributed by atoms with E-state index in [4.69, 9.17) is 5.11 Å². The smallest absolute Gasteiger partial charge is 0.307 e. The molecule has 0 bridgehead atoms. The van der Waals surface area contributed by atoms with E-state index in [1.54, 1.807) is 18.7 Å². The van der Waals surface area contributed by atoms with E-state index in [-0.39, 0.29) is 5.92 Å².